The molecule has 1 N–H and O–H groups in total. The molecule has 1 aliphatic rings. The van der Waals surface area contributed by atoms with Crippen LogP contribution in [0.25, 0.3) is 0 Å². The van der Waals surface area contributed by atoms with Gasteiger partial charge in [-0.15, -0.1) is 0 Å². The second-order valence-electron chi connectivity index (χ2n) is 5.95. The fourth-order valence-electron chi connectivity index (χ4n) is 2.94. The highest BCUT2D eigenvalue weighted by molar-refractivity contribution is 6.30. The van der Waals surface area contributed by atoms with E-state index < -0.39 is 5.92 Å². The van der Waals surface area contributed by atoms with Gasteiger partial charge in [-0.1, -0.05) is 41.9 Å². The van der Waals surface area contributed by atoms with Crippen LogP contribution in [0.15, 0.2) is 54.6 Å². The van der Waals surface area contributed by atoms with E-state index in [0.717, 1.165) is 11.3 Å². The number of amides is 2. The molecule has 1 fully saturated rings. The minimum Gasteiger partial charge on any atom is -0.349 e. The molecule has 0 radical (unpaired) electrons. The number of hydrogen-bond acceptors (Lipinski definition) is 2. The lowest BCUT2D eigenvalue weighted by Gasteiger charge is -2.19. The summed E-state index contributed by atoms with van der Waals surface area (Å²) in [7, 11) is 0. The monoisotopic (exact) mass is 342 g/mol. The van der Waals surface area contributed by atoms with Crippen molar-refractivity contribution in [2.24, 2.45) is 5.92 Å². The van der Waals surface area contributed by atoms with Gasteiger partial charge in [0, 0.05) is 17.3 Å². The summed E-state index contributed by atoms with van der Waals surface area (Å²) < 4.78 is 0. The second-order valence-corrected chi connectivity index (χ2v) is 6.38. The Morgan fingerprint density at radius 1 is 1.17 bits per heavy atom. The molecule has 0 aliphatic carbocycles. The van der Waals surface area contributed by atoms with Crippen LogP contribution in [0.3, 0.4) is 0 Å². The molecule has 24 heavy (non-hydrogen) atoms. The van der Waals surface area contributed by atoms with Crippen molar-refractivity contribution in [2.45, 2.75) is 19.4 Å². The SMILES string of the molecule is C[C@@H](NC(=O)[C@@H]1CCN(c2ccc(Cl)cc2)C1=O)c1ccccc1. The van der Waals surface area contributed by atoms with Crippen LogP contribution >= 0.6 is 11.6 Å². The predicted octanol–water partition coefficient (Wildman–Crippen LogP) is 3.57. The molecular weight excluding hydrogens is 324 g/mol. The van der Waals surface area contributed by atoms with E-state index in [4.69, 9.17) is 11.6 Å². The van der Waals surface area contributed by atoms with Gasteiger partial charge >= 0.3 is 0 Å². The van der Waals surface area contributed by atoms with Crippen LogP contribution < -0.4 is 10.2 Å². The highest BCUT2D eigenvalue weighted by Crippen LogP contribution is 2.27. The molecule has 5 heteroatoms. The Morgan fingerprint density at radius 2 is 1.83 bits per heavy atom. The van der Waals surface area contributed by atoms with E-state index in [2.05, 4.69) is 5.32 Å². The normalized spacial score (nSPS) is 18.5. The molecule has 1 heterocycles. The molecule has 1 saturated heterocycles. The maximum absolute atomic E-state index is 12.6. The quantitative estimate of drug-likeness (QED) is 0.863. The molecule has 2 aromatic rings. The first-order valence-corrected chi connectivity index (χ1v) is 8.36. The lowest BCUT2D eigenvalue weighted by molar-refractivity contribution is -0.132. The van der Waals surface area contributed by atoms with Gasteiger partial charge in [0.2, 0.25) is 11.8 Å². The number of carbonyl (C=O) groups is 2. The van der Waals surface area contributed by atoms with E-state index in [1.54, 1.807) is 29.2 Å². The van der Waals surface area contributed by atoms with Gasteiger partial charge in [0.1, 0.15) is 5.92 Å². The molecular formula is C19H19ClN2O2. The van der Waals surface area contributed by atoms with Crippen LogP contribution in [0.4, 0.5) is 5.69 Å². The number of nitrogens with zero attached hydrogens (tertiary/aromatic N) is 1. The van der Waals surface area contributed by atoms with Crippen molar-refractivity contribution in [3.05, 3.63) is 65.2 Å². The molecule has 0 spiro atoms. The Balaban J connectivity index is 1.66. The summed E-state index contributed by atoms with van der Waals surface area (Å²) in [5, 5.41) is 3.56. The summed E-state index contributed by atoms with van der Waals surface area (Å²) in [5.74, 6) is -1.00. The van der Waals surface area contributed by atoms with E-state index in [0.29, 0.717) is 18.0 Å². The minimum absolute atomic E-state index is 0.129. The van der Waals surface area contributed by atoms with Crippen LogP contribution in [0.5, 0.6) is 0 Å². The first kappa shape index (κ1) is 16.5. The maximum atomic E-state index is 12.6. The molecule has 0 bridgehead atoms. The first-order chi connectivity index (χ1) is 11.6. The predicted molar refractivity (Wildman–Crippen MR) is 94.9 cm³/mol. The Kier molecular flexibility index (Phi) is 4.86. The molecule has 0 saturated carbocycles. The molecule has 2 amide bonds. The zero-order chi connectivity index (χ0) is 17.1. The van der Waals surface area contributed by atoms with E-state index >= 15 is 0 Å². The van der Waals surface area contributed by atoms with Gasteiger partial charge in [0.25, 0.3) is 0 Å². The minimum atomic E-state index is -0.633. The van der Waals surface area contributed by atoms with Crippen LogP contribution in [0, 0.1) is 5.92 Å². The molecule has 0 aromatic heterocycles. The average Bonchev–Trinajstić information content (AvgIpc) is 2.98. The summed E-state index contributed by atoms with van der Waals surface area (Å²) in [6, 6.07) is 16.7. The zero-order valence-electron chi connectivity index (χ0n) is 13.4. The van der Waals surface area contributed by atoms with Crippen molar-refractivity contribution in [3.63, 3.8) is 0 Å². The van der Waals surface area contributed by atoms with Gasteiger partial charge in [-0.05, 0) is 43.2 Å². The van der Waals surface area contributed by atoms with Crippen LogP contribution in [0.2, 0.25) is 5.02 Å². The summed E-state index contributed by atoms with van der Waals surface area (Å²) in [6.07, 6.45) is 0.523. The maximum Gasteiger partial charge on any atom is 0.239 e. The average molecular weight is 343 g/mol. The van der Waals surface area contributed by atoms with Crippen molar-refractivity contribution >= 4 is 29.1 Å². The largest absolute Gasteiger partial charge is 0.349 e. The van der Waals surface area contributed by atoms with Crippen molar-refractivity contribution in [3.8, 4) is 0 Å². The van der Waals surface area contributed by atoms with Gasteiger partial charge in [-0.25, -0.2) is 0 Å². The van der Waals surface area contributed by atoms with Crippen molar-refractivity contribution in [1.29, 1.82) is 0 Å². The number of benzene rings is 2. The molecule has 4 nitrogen and oxygen atoms in total. The molecule has 2 atom stereocenters. The van der Waals surface area contributed by atoms with Crippen LogP contribution in [-0.2, 0) is 9.59 Å². The molecule has 1 aliphatic heterocycles. The summed E-state index contributed by atoms with van der Waals surface area (Å²) in [5.41, 5.74) is 1.79. The van der Waals surface area contributed by atoms with Crippen LogP contribution in [0.1, 0.15) is 24.9 Å². The molecule has 2 aromatic carbocycles. The van der Waals surface area contributed by atoms with E-state index in [-0.39, 0.29) is 17.9 Å². The Morgan fingerprint density at radius 3 is 2.50 bits per heavy atom. The number of anilines is 1. The fourth-order valence-corrected chi connectivity index (χ4v) is 3.07. The Bertz CT molecular complexity index is 731. The van der Waals surface area contributed by atoms with Gasteiger partial charge in [-0.2, -0.15) is 0 Å². The number of hydrogen-bond donors (Lipinski definition) is 1. The summed E-state index contributed by atoms with van der Waals surface area (Å²) in [6.45, 7) is 2.46. The molecule has 124 valence electrons. The molecule has 3 rings (SSSR count). The van der Waals surface area contributed by atoms with Crippen LogP contribution in [-0.4, -0.2) is 18.4 Å². The van der Waals surface area contributed by atoms with Crippen molar-refractivity contribution < 1.29 is 9.59 Å². The smallest absolute Gasteiger partial charge is 0.239 e. The van der Waals surface area contributed by atoms with Gasteiger partial charge in [0.05, 0.1) is 6.04 Å². The number of carbonyl (C=O) groups excluding carboxylic acids is 2. The third kappa shape index (κ3) is 3.44. The summed E-state index contributed by atoms with van der Waals surface area (Å²) >= 11 is 5.88. The number of nitrogens with one attached hydrogen (secondary N) is 1. The second kappa shape index (κ2) is 7.05. The van der Waals surface area contributed by atoms with Crippen molar-refractivity contribution in [2.75, 3.05) is 11.4 Å². The first-order valence-electron chi connectivity index (χ1n) is 7.98. The lowest BCUT2D eigenvalue weighted by atomic mass is 10.0. The van der Waals surface area contributed by atoms with Gasteiger partial charge in [-0.3, -0.25) is 9.59 Å². The fraction of sp³-hybridized carbons (Fsp3) is 0.263. The highest BCUT2D eigenvalue weighted by Gasteiger charge is 2.37. The number of rotatable bonds is 4. The van der Waals surface area contributed by atoms with E-state index in [1.807, 2.05) is 37.3 Å². The van der Waals surface area contributed by atoms with Gasteiger partial charge in [0.15, 0.2) is 0 Å². The topological polar surface area (TPSA) is 49.4 Å². The van der Waals surface area contributed by atoms with Gasteiger partial charge < -0.3 is 10.2 Å². The van der Waals surface area contributed by atoms with E-state index in [1.165, 1.54) is 0 Å². The Labute approximate surface area is 146 Å². The standard InChI is InChI=1S/C19H19ClN2O2/c1-13(14-5-3-2-4-6-14)21-18(23)17-11-12-22(19(17)24)16-9-7-15(20)8-10-16/h2-10,13,17H,11-12H2,1H3,(H,21,23)/t13-,17+/m1/s1. The lowest BCUT2D eigenvalue weighted by Crippen LogP contribution is -2.38. The third-order valence-electron chi connectivity index (χ3n) is 4.32. The number of halogens is 1. The van der Waals surface area contributed by atoms with E-state index in [9.17, 15) is 9.59 Å². The zero-order valence-corrected chi connectivity index (χ0v) is 14.2. The Hall–Kier alpha value is -2.33. The third-order valence-corrected chi connectivity index (χ3v) is 4.57. The highest BCUT2D eigenvalue weighted by atomic mass is 35.5. The summed E-state index contributed by atoms with van der Waals surface area (Å²) in [4.78, 5) is 26.7. The molecule has 0 unspecified atom stereocenters. The van der Waals surface area contributed by atoms with Crippen molar-refractivity contribution in [1.82, 2.24) is 5.32 Å².